The molecule has 1 heterocycles. The number of carbonyl (C=O) groups is 3. The Morgan fingerprint density at radius 3 is 2.32 bits per heavy atom. The van der Waals surface area contributed by atoms with Crippen LogP contribution in [0, 0.1) is 0 Å². The first-order chi connectivity index (χ1) is 20.0. The van der Waals surface area contributed by atoms with Crippen LogP contribution in [0.5, 0.6) is 17.2 Å². The van der Waals surface area contributed by atoms with Gasteiger partial charge in [0, 0.05) is 5.56 Å². The number of esters is 1. The molecule has 4 aromatic carbocycles. The Morgan fingerprint density at radius 2 is 1.54 bits per heavy atom. The third-order valence-electron chi connectivity index (χ3n) is 5.80. The van der Waals surface area contributed by atoms with Crippen LogP contribution < -0.4 is 25.0 Å². The van der Waals surface area contributed by atoms with Gasteiger partial charge in [-0.05, 0) is 77.9 Å². The molecule has 0 atom stereocenters. The summed E-state index contributed by atoms with van der Waals surface area (Å²) in [4.78, 5) is 38.2. The zero-order valence-corrected chi connectivity index (χ0v) is 22.1. The van der Waals surface area contributed by atoms with E-state index in [1.165, 1.54) is 12.3 Å². The summed E-state index contributed by atoms with van der Waals surface area (Å²) >= 11 is 6.05. The van der Waals surface area contributed by atoms with Crippen molar-refractivity contribution in [3.63, 3.8) is 0 Å². The number of hydrogen-bond acceptors (Lipinski definition) is 7. The van der Waals surface area contributed by atoms with Crippen LogP contribution in [0.4, 0.5) is 0 Å². The molecule has 204 valence electrons. The fourth-order valence-electron chi connectivity index (χ4n) is 3.75. The summed E-state index contributed by atoms with van der Waals surface area (Å²) in [6.45, 7) is 0.111. The average molecular weight is 568 g/mol. The van der Waals surface area contributed by atoms with Crippen molar-refractivity contribution < 1.29 is 28.6 Å². The summed E-state index contributed by atoms with van der Waals surface area (Å²) < 4.78 is 16.1. The Hall–Kier alpha value is -5.41. The van der Waals surface area contributed by atoms with E-state index in [0.717, 1.165) is 0 Å². The van der Waals surface area contributed by atoms with Crippen molar-refractivity contribution in [3.8, 4) is 17.2 Å². The number of nitrogens with one attached hydrogen (secondary N) is 2. The van der Waals surface area contributed by atoms with Crippen LogP contribution in [-0.2, 0) is 4.79 Å². The van der Waals surface area contributed by atoms with Crippen molar-refractivity contribution in [2.45, 2.75) is 0 Å². The molecule has 41 heavy (non-hydrogen) atoms. The molecule has 4 aromatic rings. The maximum absolute atomic E-state index is 13.0. The quantitative estimate of drug-likeness (QED) is 0.0993. The molecule has 1 aliphatic rings. The van der Waals surface area contributed by atoms with Gasteiger partial charge in [0.05, 0.1) is 16.8 Å². The second-order valence-electron chi connectivity index (χ2n) is 8.63. The highest BCUT2D eigenvalue weighted by molar-refractivity contribution is 6.33. The van der Waals surface area contributed by atoms with Gasteiger partial charge in [0.2, 0.25) is 6.79 Å². The molecule has 1 aliphatic heterocycles. The van der Waals surface area contributed by atoms with E-state index in [1.54, 1.807) is 97.1 Å². The van der Waals surface area contributed by atoms with E-state index in [2.05, 4.69) is 15.8 Å². The molecule has 0 unspecified atom stereocenters. The standard InChI is InChI=1S/C31H22ClN3O6/c32-25-9-5-4-8-24(25)31(38)41-23-13-10-20(11-14-23)18-33-35-30(37)26(34-29(36)22-6-2-1-3-7-22)16-21-12-15-27-28(17-21)40-19-39-27/h1-18H,19H2,(H,34,36)(H,35,37)/b26-16+,33-18+. The molecule has 0 radical (unpaired) electrons. The lowest BCUT2D eigenvalue weighted by Crippen LogP contribution is -2.32. The highest BCUT2D eigenvalue weighted by Crippen LogP contribution is 2.33. The van der Waals surface area contributed by atoms with Crippen LogP contribution >= 0.6 is 11.6 Å². The van der Waals surface area contributed by atoms with E-state index in [9.17, 15) is 14.4 Å². The van der Waals surface area contributed by atoms with Crippen molar-refractivity contribution in [2.24, 2.45) is 5.10 Å². The van der Waals surface area contributed by atoms with Gasteiger partial charge in [-0.2, -0.15) is 5.10 Å². The maximum Gasteiger partial charge on any atom is 0.345 e. The molecule has 9 nitrogen and oxygen atoms in total. The topological polar surface area (TPSA) is 115 Å². The molecule has 5 rings (SSSR count). The van der Waals surface area contributed by atoms with Gasteiger partial charge in [-0.15, -0.1) is 0 Å². The molecule has 0 saturated carbocycles. The van der Waals surface area contributed by atoms with Gasteiger partial charge in [-0.3, -0.25) is 9.59 Å². The second kappa shape index (κ2) is 12.6. The third kappa shape index (κ3) is 6.97. The summed E-state index contributed by atoms with van der Waals surface area (Å²) in [5.74, 6) is -0.243. The molecule has 2 N–H and O–H groups in total. The van der Waals surface area contributed by atoms with Gasteiger partial charge >= 0.3 is 5.97 Å². The van der Waals surface area contributed by atoms with E-state index < -0.39 is 17.8 Å². The molecular weight excluding hydrogens is 546 g/mol. The highest BCUT2D eigenvalue weighted by atomic mass is 35.5. The van der Waals surface area contributed by atoms with Crippen molar-refractivity contribution in [2.75, 3.05) is 6.79 Å². The Balaban J connectivity index is 1.26. The minimum absolute atomic E-state index is 0.0308. The first-order valence-electron chi connectivity index (χ1n) is 12.3. The fourth-order valence-corrected chi connectivity index (χ4v) is 3.96. The summed E-state index contributed by atoms with van der Waals surface area (Å²) in [7, 11) is 0. The van der Waals surface area contributed by atoms with Crippen LogP contribution in [0.15, 0.2) is 108 Å². The molecule has 0 aromatic heterocycles. The van der Waals surface area contributed by atoms with Crippen LogP contribution in [0.1, 0.15) is 31.8 Å². The fraction of sp³-hybridized carbons (Fsp3) is 0.0323. The SMILES string of the molecule is O=C(N/N=C/c1ccc(OC(=O)c2ccccc2Cl)cc1)/C(=C\c1ccc2c(c1)OCO2)NC(=O)c1ccccc1. The minimum Gasteiger partial charge on any atom is -0.454 e. The first kappa shape index (κ1) is 27.2. The molecule has 0 saturated heterocycles. The number of nitrogens with zero attached hydrogens (tertiary/aromatic N) is 1. The number of hydrogen-bond donors (Lipinski definition) is 2. The normalized spacial score (nSPS) is 12.2. The van der Waals surface area contributed by atoms with Gasteiger partial charge in [-0.1, -0.05) is 48.0 Å². The van der Waals surface area contributed by atoms with E-state index in [-0.39, 0.29) is 18.1 Å². The van der Waals surface area contributed by atoms with Gasteiger partial charge in [0.15, 0.2) is 11.5 Å². The first-order valence-corrected chi connectivity index (χ1v) is 12.7. The Kier molecular flexibility index (Phi) is 8.37. The lowest BCUT2D eigenvalue weighted by molar-refractivity contribution is -0.117. The number of carbonyl (C=O) groups excluding carboxylic acids is 3. The van der Waals surface area contributed by atoms with E-state index in [1.807, 2.05) is 0 Å². The van der Waals surface area contributed by atoms with Crippen molar-refractivity contribution in [1.29, 1.82) is 0 Å². The predicted molar refractivity (Wildman–Crippen MR) is 153 cm³/mol. The molecule has 2 amide bonds. The molecule has 0 bridgehead atoms. The molecular formula is C31H22ClN3O6. The number of fused-ring (bicyclic) bond motifs is 1. The monoisotopic (exact) mass is 567 g/mol. The van der Waals surface area contributed by atoms with Crippen LogP contribution in [0.25, 0.3) is 6.08 Å². The van der Waals surface area contributed by atoms with Crippen molar-refractivity contribution in [1.82, 2.24) is 10.7 Å². The molecule has 0 spiro atoms. The zero-order chi connectivity index (χ0) is 28.6. The highest BCUT2D eigenvalue weighted by Gasteiger charge is 2.17. The summed E-state index contributed by atoms with van der Waals surface area (Å²) in [6, 6.07) is 26.8. The lowest BCUT2D eigenvalue weighted by atomic mass is 10.1. The molecule has 10 heteroatoms. The van der Waals surface area contributed by atoms with E-state index >= 15 is 0 Å². The average Bonchev–Trinajstić information content (AvgIpc) is 3.46. The number of rotatable bonds is 8. The Morgan fingerprint density at radius 1 is 0.829 bits per heavy atom. The summed E-state index contributed by atoms with van der Waals surface area (Å²) in [5.41, 5.74) is 4.27. The van der Waals surface area contributed by atoms with E-state index in [4.69, 9.17) is 25.8 Å². The van der Waals surface area contributed by atoms with Crippen LogP contribution in [-0.4, -0.2) is 30.8 Å². The smallest absolute Gasteiger partial charge is 0.345 e. The number of amides is 2. The third-order valence-corrected chi connectivity index (χ3v) is 6.13. The van der Waals surface area contributed by atoms with Gasteiger partial charge in [0.1, 0.15) is 11.4 Å². The number of ether oxygens (including phenoxy) is 3. The minimum atomic E-state index is -0.645. The second-order valence-corrected chi connectivity index (χ2v) is 9.04. The van der Waals surface area contributed by atoms with Gasteiger partial charge in [0.25, 0.3) is 11.8 Å². The molecule has 0 aliphatic carbocycles. The lowest BCUT2D eigenvalue weighted by Gasteiger charge is -2.09. The van der Waals surface area contributed by atoms with Crippen molar-refractivity contribution >= 4 is 41.7 Å². The maximum atomic E-state index is 13.0. The summed E-state index contributed by atoms with van der Waals surface area (Å²) in [5, 5.41) is 6.95. The zero-order valence-electron chi connectivity index (χ0n) is 21.4. The van der Waals surface area contributed by atoms with Crippen LogP contribution in [0.2, 0.25) is 5.02 Å². The number of benzene rings is 4. The largest absolute Gasteiger partial charge is 0.454 e. The predicted octanol–water partition coefficient (Wildman–Crippen LogP) is 5.21. The Bertz CT molecular complexity index is 1650. The van der Waals surface area contributed by atoms with Gasteiger partial charge in [-0.25, -0.2) is 10.2 Å². The number of hydrazone groups is 1. The van der Waals surface area contributed by atoms with Crippen molar-refractivity contribution in [3.05, 3.63) is 130 Å². The van der Waals surface area contributed by atoms with E-state index in [0.29, 0.717) is 39.0 Å². The number of halogens is 1. The molecule has 0 fully saturated rings. The van der Waals surface area contributed by atoms with Gasteiger partial charge < -0.3 is 19.5 Å². The Labute approximate surface area is 240 Å². The van der Waals surface area contributed by atoms with Crippen LogP contribution in [0.3, 0.4) is 0 Å². The summed E-state index contributed by atoms with van der Waals surface area (Å²) in [6.07, 6.45) is 2.92.